The Morgan fingerprint density at radius 3 is 2.90 bits per heavy atom. The second-order valence-corrected chi connectivity index (χ2v) is 5.74. The van der Waals surface area contributed by atoms with E-state index in [0.717, 1.165) is 38.4 Å². The topological polar surface area (TPSA) is 52.0 Å². The molecule has 0 unspecified atom stereocenters. The zero-order valence-electron chi connectivity index (χ0n) is 12.3. The van der Waals surface area contributed by atoms with E-state index in [4.69, 9.17) is 4.74 Å². The van der Waals surface area contributed by atoms with Gasteiger partial charge in [-0.05, 0) is 32.4 Å². The summed E-state index contributed by atoms with van der Waals surface area (Å²) < 4.78 is 7.10. The van der Waals surface area contributed by atoms with Gasteiger partial charge in [-0.15, -0.1) is 11.3 Å². The molecule has 2 aromatic rings. The van der Waals surface area contributed by atoms with Crippen LogP contribution in [0.1, 0.15) is 21.8 Å². The highest BCUT2D eigenvalue weighted by atomic mass is 32.1. The van der Waals surface area contributed by atoms with E-state index < -0.39 is 0 Å². The van der Waals surface area contributed by atoms with E-state index in [1.165, 1.54) is 16.1 Å². The fourth-order valence-corrected chi connectivity index (χ4v) is 2.81. The number of thiazole rings is 1. The van der Waals surface area contributed by atoms with Crippen LogP contribution in [-0.2, 0) is 17.7 Å². The standard InChI is InChI=1S/C14H22N4OS/c1-11-14(4-5-15-6-7-19-3)12(2)18(17-11)9-13-8-16-10-20-13/h8,10,15H,4-7,9H2,1-3H3. The summed E-state index contributed by atoms with van der Waals surface area (Å²) in [7, 11) is 1.72. The SMILES string of the molecule is COCCNCCc1c(C)nn(Cc2cncs2)c1C. The van der Waals surface area contributed by atoms with Crippen LogP contribution in [0.15, 0.2) is 11.7 Å². The van der Waals surface area contributed by atoms with Crippen molar-refractivity contribution >= 4 is 11.3 Å². The Balaban J connectivity index is 1.94. The Morgan fingerprint density at radius 2 is 2.20 bits per heavy atom. The van der Waals surface area contributed by atoms with Gasteiger partial charge in [-0.3, -0.25) is 9.67 Å². The van der Waals surface area contributed by atoms with Crippen LogP contribution in [0, 0.1) is 13.8 Å². The average molecular weight is 294 g/mol. The van der Waals surface area contributed by atoms with Gasteiger partial charge >= 0.3 is 0 Å². The Kier molecular flexibility index (Phi) is 5.70. The molecule has 0 aliphatic carbocycles. The van der Waals surface area contributed by atoms with E-state index in [9.17, 15) is 0 Å². The summed E-state index contributed by atoms with van der Waals surface area (Å²) in [6.45, 7) is 7.64. The lowest BCUT2D eigenvalue weighted by molar-refractivity contribution is 0.199. The number of nitrogens with one attached hydrogen (secondary N) is 1. The molecule has 20 heavy (non-hydrogen) atoms. The molecule has 0 aromatic carbocycles. The maximum atomic E-state index is 5.02. The van der Waals surface area contributed by atoms with Crippen LogP contribution >= 0.6 is 11.3 Å². The number of ether oxygens (including phenoxy) is 1. The van der Waals surface area contributed by atoms with Crippen molar-refractivity contribution in [1.82, 2.24) is 20.1 Å². The summed E-state index contributed by atoms with van der Waals surface area (Å²) in [5.74, 6) is 0. The van der Waals surface area contributed by atoms with Gasteiger partial charge < -0.3 is 10.1 Å². The highest BCUT2D eigenvalue weighted by Gasteiger charge is 2.11. The molecule has 0 fully saturated rings. The summed E-state index contributed by atoms with van der Waals surface area (Å²) in [5, 5.41) is 8.02. The Bertz CT molecular complexity index is 522. The molecule has 0 aliphatic rings. The van der Waals surface area contributed by atoms with Crippen molar-refractivity contribution < 1.29 is 4.74 Å². The van der Waals surface area contributed by atoms with E-state index in [1.807, 2.05) is 11.7 Å². The van der Waals surface area contributed by atoms with E-state index >= 15 is 0 Å². The maximum Gasteiger partial charge on any atom is 0.0794 e. The Labute approximate surface area is 124 Å². The van der Waals surface area contributed by atoms with Crippen molar-refractivity contribution in [2.45, 2.75) is 26.8 Å². The molecule has 0 saturated heterocycles. The molecule has 1 N–H and O–H groups in total. The van der Waals surface area contributed by atoms with E-state index in [2.05, 4.69) is 33.9 Å². The second kappa shape index (κ2) is 7.52. The Morgan fingerprint density at radius 1 is 1.35 bits per heavy atom. The number of nitrogens with zero attached hydrogens (tertiary/aromatic N) is 3. The molecule has 5 nitrogen and oxygen atoms in total. The van der Waals surface area contributed by atoms with Crippen LogP contribution in [0.4, 0.5) is 0 Å². The van der Waals surface area contributed by atoms with Gasteiger partial charge in [0.25, 0.3) is 0 Å². The number of rotatable bonds is 8. The van der Waals surface area contributed by atoms with Crippen molar-refractivity contribution in [3.63, 3.8) is 0 Å². The number of aryl methyl sites for hydroxylation is 1. The van der Waals surface area contributed by atoms with E-state index in [0.29, 0.717) is 0 Å². The summed E-state index contributed by atoms with van der Waals surface area (Å²) in [6.07, 6.45) is 2.91. The molecule has 0 atom stereocenters. The maximum absolute atomic E-state index is 5.02. The third kappa shape index (κ3) is 3.88. The van der Waals surface area contributed by atoms with Gasteiger partial charge in [-0.1, -0.05) is 0 Å². The zero-order valence-corrected chi connectivity index (χ0v) is 13.2. The summed E-state index contributed by atoms with van der Waals surface area (Å²) >= 11 is 1.67. The highest BCUT2D eigenvalue weighted by molar-refractivity contribution is 7.09. The predicted octanol–water partition coefficient (Wildman–Crippen LogP) is 1.78. The average Bonchev–Trinajstić information content (AvgIpc) is 3.02. The minimum absolute atomic E-state index is 0.753. The molecule has 0 aliphatic heterocycles. The molecular weight excluding hydrogens is 272 g/mol. The molecule has 2 rings (SSSR count). The lowest BCUT2D eigenvalue weighted by atomic mass is 10.1. The van der Waals surface area contributed by atoms with Gasteiger partial charge in [0.15, 0.2) is 0 Å². The lowest BCUT2D eigenvalue weighted by Crippen LogP contribution is -2.22. The first-order valence-electron chi connectivity index (χ1n) is 6.82. The smallest absolute Gasteiger partial charge is 0.0794 e. The first kappa shape index (κ1) is 15.2. The van der Waals surface area contributed by atoms with Crippen molar-refractivity contribution in [2.75, 3.05) is 26.8 Å². The summed E-state index contributed by atoms with van der Waals surface area (Å²) in [6, 6.07) is 0. The Hall–Kier alpha value is -1.24. The molecule has 2 heterocycles. The van der Waals surface area contributed by atoms with Gasteiger partial charge in [0.2, 0.25) is 0 Å². The zero-order chi connectivity index (χ0) is 14.4. The highest BCUT2D eigenvalue weighted by Crippen LogP contribution is 2.16. The predicted molar refractivity (Wildman–Crippen MR) is 81.4 cm³/mol. The van der Waals surface area contributed by atoms with Crippen LogP contribution in [0.3, 0.4) is 0 Å². The third-order valence-electron chi connectivity index (χ3n) is 3.36. The monoisotopic (exact) mass is 294 g/mol. The van der Waals surface area contributed by atoms with Gasteiger partial charge in [-0.2, -0.15) is 5.10 Å². The molecule has 6 heteroatoms. The molecule has 0 radical (unpaired) electrons. The molecule has 0 saturated carbocycles. The van der Waals surface area contributed by atoms with Crippen molar-refractivity contribution in [3.8, 4) is 0 Å². The van der Waals surface area contributed by atoms with Crippen LogP contribution in [-0.4, -0.2) is 41.6 Å². The van der Waals surface area contributed by atoms with Crippen LogP contribution in [0.25, 0.3) is 0 Å². The first-order valence-corrected chi connectivity index (χ1v) is 7.70. The van der Waals surface area contributed by atoms with Crippen LogP contribution < -0.4 is 5.32 Å². The summed E-state index contributed by atoms with van der Waals surface area (Å²) in [5.41, 5.74) is 5.59. The molecular formula is C14H22N4OS. The normalized spacial score (nSPS) is 11.2. The molecule has 0 bridgehead atoms. The minimum Gasteiger partial charge on any atom is -0.383 e. The number of aromatic nitrogens is 3. The van der Waals surface area contributed by atoms with Crippen molar-refractivity contribution in [3.05, 3.63) is 33.5 Å². The van der Waals surface area contributed by atoms with E-state index in [-0.39, 0.29) is 0 Å². The molecule has 0 amide bonds. The number of hydrogen-bond donors (Lipinski definition) is 1. The number of methoxy groups -OCH3 is 1. The fourth-order valence-electron chi connectivity index (χ4n) is 2.23. The number of hydrogen-bond acceptors (Lipinski definition) is 5. The van der Waals surface area contributed by atoms with Crippen molar-refractivity contribution in [1.29, 1.82) is 0 Å². The fraction of sp³-hybridized carbons (Fsp3) is 0.571. The second-order valence-electron chi connectivity index (χ2n) is 4.77. The third-order valence-corrected chi connectivity index (χ3v) is 4.12. The lowest BCUT2D eigenvalue weighted by Gasteiger charge is -2.05. The van der Waals surface area contributed by atoms with Gasteiger partial charge in [0.1, 0.15) is 0 Å². The van der Waals surface area contributed by atoms with E-state index in [1.54, 1.807) is 18.4 Å². The first-order chi connectivity index (χ1) is 9.72. The quantitative estimate of drug-likeness (QED) is 0.754. The minimum atomic E-state index is 0.753. The molecule has 2 aromatic heterocycles. The van der Waals surface area contributed by atoms with Crippen molar-refractivity contribution in [2.24, 2.45) is 0 Å². The molecule has 0 spiro atoms. The van der Waals surface area contributed by atoms with Gasteiger partial charge in [-0.25, -0.2) is 0 Å². The van der Waals surface area contributed by atoms with Crippen LogP contribution in [0.2, 0.25) is 0 Å². The van der Waals surface area contributed by atoms with Crippen LogP contribution in [0.5, 0.6) is 0 Å². The summed E-state index contributed by atoms with van der Waals surface area (Å²) in [4.78, 5) is 5.35. The van der Waals surface area contributed by atoms with Gasteiger partial charge in [0.05, 0.1) is 24.4 Å². The van der Waals surface area contributed by atoms with Gasteiger partial charge in [0, 0.05) is 30.4 Å². The molecule has 110 valence electrons. The largest absolute Gasteiger partial charge is 0.383 e.